The lowest BCUT2D eigenvalue weighted by Crippen LogP contribution is -2.23. The predicted octanol–water partition coefficient (Wildman–Crippen LogP) is 3.00. The molecule has 1 N–H and O–H groups in total. The Balaban J connectivity index is 2.10. The van der Waals surface area contributed by atoms with Crippen LogP contribution in [0.1, 0.15) is 18.5 Å². The Bertz CT molecular complexity index is 503. The lowest BCUT2D eigenvalue weighted by molar-refractivity contribution is -0.118. The van der Waals surface area contributed by atoms with Crippen molar-refractivity contribution in [3.05, 3.63) is 54.4 Å². The largest absolute Gasteiger partial charge is 0.342 e. The zero-order chi connectivity index (χ0) is 12.3. The number of anilines is 1. The van der Waals surface area contributed by atoms with Gasteiger partial charge in [-0.1, -0.05) is 18.2 Å². The molecular formula is C14H16N2O. The molecule has 0 aliphatic heterocycles. The number of amides is 1. The van der Waals surface area contributed by atoms with Crippen LogP contribution < -0.4 is 5.32 Å². The molecule has 1 amide bonds. The van der Waals surface area contributed by atoms with Gasteiger partial charge < -0.3 is 9.88 Å². The molecular weight excluding hydrogens is 212 g/mol. The smallest absolute Gasteiger partial charge is 0.247 e. The van der Waals surface area contributed by atoms with Crippen LogP contribution in [0.25, 0.3) is 0 Å². The molecule has 0 radical (unpaired) electrons. The number of hydrogen-bond donors (Lipinski definition) is 1. The Kier molecular flexibility index (Phi) is 3.28. The van der Waals surface area contributed by atoms with E-state index >= 15 is 0 Å². The predicted molar refractivity (Wildman–Crippen MR) is 69.0 cm³/mol. The first-order valence-electron chi connectivity index (χ1n) is 5.67. The summed E-state index contributed by atoms with van der Waals surface area (Å²) in [6.07, 6.45) is 3.78. The van der Waals surface area contributed by atoms with E-state index in [1.807, 2.05) is 67.2 Å². The van der Waals surface area contributed by atoms with Crippen LogP contribution in [-0.2, 0) is 4.79 Å². The maximum atomic E-state index is 12.0. The number of carbonyl (C=O) groups excluding carboxylic acids is 1. The number of hydrogen-bond acceptors (Lipinski definition) is 1. The van der Waals surface area contributed by atoms with Crippen LogP contribution in [0.5, 0.6) is 0 Å². The molecule has 1 aromatic carbocycles. The summed E-state index contributed by atoms with van der Waals surface area (Å²) in [5, 5.41) is 2.94. The molecule has 0 spiro atoms. The van der Waals surface area contributed by atoms with Gasteiger partial charge in [0.25, 0.3) is 0 Å². The summed E-state index contributed by atoms with van der Waals surface area (Å²) in [5.74, 6) is -0.00417. The van der Waals surface area contributed by atoms with Gasteiger partial charge in [-0.25, -0.2) is 0 Å². The minimum absolute atomic E-state index is 0.00417. The fourth-order valence-electron chi connectivity index (χ4n) is 1.69. The molecule has 17 heavy (non-hydrogen) atoms. The first kappa shape index (κ1) is 11.5. The van der Waals surface area contributed by atoms with E-state index < -0.39 is 0 Å². The molecule has 2 aromatic rings. The normalized spacial score (nSPS) is 12.1. The number of aryl methyl sites for hydroxylation is 1. The Morgan fingerprint density at radius 1 is 1.18 bits per heavy atom. The third kappa shape index (κ3) is 2.56. The number of nitrogens with zero attached hydrogens (tertiary/aromatic N) is 1. The highest BCUT2D eigenvalue weighted by molar-refractivity contribution is 5.94. The molecule has 3 nitrogen and oxygen atoms in total. The minimum Gasteiger partial charge on any atom is -0.342 e. The van der Waals surface area contributed by atoms with Crippen molar-refractivity contribution in [2.75, 3.05) is 5.32 Å². The van der Waals surface area contributed by atoms with E-state index in [4.69, 9.17) is 0 Å². The molecule has 2 rings (SSSR count). The van der Waals surface area contributed by atoms with Gasteiger partial charge in [-0.3, -0.25) is 4.79 Å². The summed E-state index contributed by atoms with van der Waals surface area (Å²) in [5.41, 5.74) is 1.94. The highest BCUT2D eigenvalue weighted by Gasteiger charge is 2.14. The fraction of sp³-hybridized carbons (Fsp3) is 0.214. The highest BCUT2D eigenvalue weighted by Crippen LogP contribution is 2.16. The summed E-state index contributed by atoms with van der Waals surface area (Å²) in [4.78, 5) is 12.0. The highest BCUT2D eigenvalue weighted by atomic mass is 16.2. The maximum Gasteiger partial charge on any atom is 0.247 e. The molecule has 88 valence electrons. The third-order valence-electron chi connectivity index (χ3n) is 2.86. The maximum absolute atomic E-state index is 12.0. The summed E-state index contributed by atoms with van der Waals surface area (Å²) in [6, 6.07) is 11.4. The zero-order valence-electron chi connectivity index (χ0n) is 10.1. The van der Waals surface area contributed by atoms with Gasteiger partial charge in [-0.05, 0) is 37.6 Å². The Morgan fingerprint density at radius 2 is 1.82 bits per heavy atom. The standard InChI is InChI=1S/C14H16N2O/c1-11-7-3-4-8-13(11)15-14(17)12(2)16-9-5-6-10-16/h3-10,12H,1-2H3,(H,15,17)/t12-/m0/s1. The number of para-hydroxylation sites is 1. The Morgan fingerprint density at radius 3 is 2.47 bits per heavy atom. The van der Waals surface area contributed by atoms with Crippen molar-refractivity contribution in [2.24, 2.45) is 0 Å². The van der Waals surface area contributed by atoms with Crippen molar-refractivity contribution in [1.29, 1.82) is 0 Å². The molecule has 1 aromatic heterocycles. The van der Waals surface area contributed by atoms with E-state index in [9.17, 15) is 4.79 Å². The quantitative estimate of drug-likeness (QED) is 0.861. The van der Waals surface area contributed by atoms with Gasteiger partial charge in [0.05, 0.1) is 0 Å². The van der Waals surface area contributed by atoms with E-state index in [-0.39, 0.29) is 11.9 Å². The monoisotopic (exact) mass is 228 g/mol. The van der Waals surface area contributed by atoms with Crippen LogP contribution in [0.2, 0.25) is 0 Å². The average Bonchev–Trinajstić information content (AvgIpc) is 2.84. The van der Waals surface area contributed by atoms with Crippen molar-refractivity contribution < 1.29 is 4.79 Å². The summed E-state index contributed by atoms with van der Waals surface area (Å²) >= 11 is 0. The lowest BCUT2D eigenvalue weighted by Gasteiger charge is -2.15. The topological polar surface area (TPSA) is 34.0 Å². The van der Waals surface area contributed by atoms with Crippen molar-refractivity contribution in [3.63, 3.8) is 0 Å². The Labute approximate surface area is 101 Å². The molecule has 0 aliphatic rings. The van der Waals surface area contributed by atoms with Crippen molar-refractivity contribution >= 4 is 11.6 Å². The number of nitrogens with one attached hydrogen (secondary N) is 1. The second kappa shape index (κ2) is 4.87. The molecule has 1 atom stereocenters. The average molecular weight is 228 g/mol. The van der Waals surface area contributed by atoms with Gasteiger partial charge in [0.15, 0.2) is 0 Å². The van der Waals surface area contributed by atoms with Gasteiger partial charge in [-0.2, -0.15) is 0 Å². The van der Waals surface area contributed by atoms with Gasteiger partial charge in [0.1, 0.15) is 6.04 Å². The van der Waals surface area contributed by atoms with E-state index in [0.29, 0.717) is 0 Å². The number of aromatic nitrogens is 1. The van der Waals surface area contributed by atoms with Gasteiger partial charge in [0.2, 0.25) is 5.91 Å². The molecule has 0 unspecified atom stereocenters. The lowest BCUT2D eigenvalue weighted by atomic mass is 10.2. The van der Waals surface area contributed by atoms with Crippen LogP contribution in [0.4, 0.5) is 5.69 Å². The van der Waals surface area contributed by atoms with Crippen molar-refractivity contribution in [1.82, 2.24) is 4.57 Å². The van der Waals surface area contributed by atoms with Crippen molar-refractivity contribution in [2.45, 2.75) is 19.9 Å². The number of benzene rings is 1. The first-order chi connectivity index (χ1) is 8.18. The van der Waals surface area contributed by atoms with Crippen LogP contribution in [0.15, 0.2) is 48.8 Å². The number of carbonyl (C=O) groups is 1. The van der Waals surface area contributed by atoms with E-state index in [2.05, 4.69) is 5.32 Å². The van der Waals surface area contributed by atoms with E-state index in [1.54, 1.807) is 0 Å². The fourth-order valence-corrected chi connectivity index (χ4v) is 1.69. The van der Waals surface area contributed by atoms with Gasteiger partial charge >= 0.3 is 0 Å². The summed E-state index contributed by atoms with van der Waals surface area (Å²) in [7, 11) is 0. The molecule has 1 heterocycles. The zero-order valence-corrected chi connectivity index (χ0v) is 10.1. The van der Waals surface area contributed by atoms with Crippen LogP contribution >= 0.6 is 0 Å². The second-order valence-electron chi connectivity index (χ2n) is 4.11. The van der Waals surface area contributed by atoms with Gasteiger partial charge in [-0.15, -0.1) is 0 Å². The third-order valence-corrected chi connectivity index (χ3v) is 2.86. The SMILES string of the molecule is Cc1ccccc1NC(=O)[C@H](C)n1cccc1. The second-order valence-corrected chi connectivity index (χ2v) is 4.11. The number of rotatable bonds is 3. The summed E-state index contributed by atoms with van der Waals surface area (Å²) in [6.45, 7) is 3.86. The molecule has 0 saturated carbocycles. The van der Waals surface area contributed by atoms with Crippen LogP contribution in [-0.4, -0.2) is 10.5 Å². The molecule has 0 bridgehead atoms. The molecule has 0 saturated heterocycles. The molecule has 0 fully saturated rings. The molecule has 0 aliphatic carbocycles. The van der Waals surface area contributed by atoms with Gasteiger partial charge in [0, 0.05) is 18.1 Å². The first-order valence-corrected chi connectivity index (χ1v) is 5.67. The van der Waals surface area contributed by atoms with E-state index in [0.717, 1.165) is 11.3 Å². The van der Waals surface area contributed by atoms with E-state index in [1.165, 1.54) is 0 Å². The van der Waals surface area contributed by atoms with Crippen LogP contribution in [0, 0.1) is 6.92 Å². The summed E-state index contributed by atoms with van der Waals surface area (Å²) < 4.78 is 1.88. The molecule has 3 heteroatoms. The van der Waals surface area contributed by atoms with Crippen molar-refractivity contribution in [3.8, 4) is 0 Å². The Hall–Kier alpha value is -2.03. The van der Waals surface area contributed by atoms with Crippen LogP contribution in [0.3, 0.4) is 0 Å². The minimum atomic E-state index is -0.204.